The van der Waals surface area contributed by atoms with Gasteiger partial charge >= 0.3 is 6.03 Å². The van der Waals surface area contributed by atoms with E-state index in [0.29, 0.717) is 11.8 Å². The van der Waals surface area contributed by atoms with Gasteiger partial charge in [-0.05, 0) is 57.3 Å². The molecular formula is C15H28N2O3. The normalized spacial score (nSPS) is 29.7. The van der Waals surface area contributed by atoms with Crippen molar-refractivity contribution in [2.75, 3.05) is 19.8 Å². The zero-order valence-electron chi connectivity index (χ0n) is 12.4. The van der Waals surface area contributed by atoms with E-state index in [2.05, 4.69) is 17.6 Å². The average molecular weight is 284 g/mol. The Kier molecular flexibility index (Phi) is 6.10. The highest BCUT2D eigenvalue weighted by atomic mass is 16.5. The SMILES string of the molecule is CC(NC(=O)NC1CCC(CO)CC1)C1CCOCC1. The highest BCUT2D eigenvalue weighted by Gasteiger charge is 2.24. The number of aliphatic hydroxyl groups is 1. The number of ether oxygens (including phenoxy) is 1. The van der Waals surface area contributed by atoms with E-state index in [1.807, 2.05) is 0 Å². The highest BCUT2D eigenvalue weighted by Crippen LogP contribution is 2.23. The van der Waals surface area contributed by atoms with Gasteiger partial charge in [-0.15, -0.1) is 0 Å². The van der Waals surface area contributed by atoms with E-state index in [4.69, 9.17) is 9.84 Å². The minimum absolute atomic E-state index is 0.0450. The zero-order valence-corrected chi connectivity index (χ0v) is 12.4. The predicted molar refractivity (Wildman–Crippen MR) is 77.5 cm³/mol. The third kappa shape index (κ3) is 4.63. The topological polar surface area (TPSA) is 70.6 Å². The fraction of sp³-hybridized carbons (Fsp3) is 0.933. The molecule has 0 bridgehead atoms. The van der Waals surface area contributed by atoms with Crippen molar-refractivity contribution in [1.82, 2.24) is 10.6 Å². The van der Waals surface area contributed by atoms with Crippen molar-refractivity contribution in [3.05, 3.63) is 0 Å². The van der Waals surface area contributed by atoms with Gasteiger partial charge in [0, 0.05) is 31.9 Å². The first-order valence-electron chi connectivity index (χ1n) is 7.94. The number of urea groups is 1. The number of aliphatic hydroxyl groups excluding tert-OH is 1. The second-order valence-corrected chi connectivity index (χ2v) is 6.26. The van der Waals surface area contributed by atoms with Crippen molar-refractivity contribution in [3.63, 3.8) is 0 Å². The van der Waals surface area contributed by atoms with Crippen LogP contribution in [0.2, 0.25) is 0 Å². The third-order valence-electron chi connectivity index (χ3n) is 4.77. The summed E-state index contributed by atoms with van der Waals surface area (Å²) in [6.07, 6.45) is 6.04. The van der Waals surface area contributed by atoms with E-state index in [0.717, 1.165) is 51.7 Å². The number of nitrogens with one attached hydrogen (secondary N) is 2. The van der Waals surface area contributed by atoms with E-state index in [9.17, 15) is 4.79 Å². The predicted octanol–water partition coefficient (Wildman–Crippen LogP) is 1.65. The van der Waals surface area contributed by atoms with Crippen molar-refractivity contribution in [3.8, 4) is 0 Å². The van der Waals surface area contributed by atoms with E-state index >= 15 is 0 Å². The van der Waals surface area contributed by atoms with Crippen molar-refractivity contribution >= 4 is 6.03 Å². The Morgan fingerprint density at radius 1 is 1.20 bits per heavy atom. The maximum absolute atomic E-state index is 12.0. The van der Waals surface area contributed by atoms with Gasteiger partial charge in [0.1, 0.15) is 0 Å². The molecule has 1 atom stereocenters. The zero-order chi connectivity index (χ0) is 14.4. The largest absolute Gasteiger partial charge is 0.396 e. The number of carbonyl (C=O) groups is 1. The number of amides is 2. The fourth-order valence-electron chi connectivity index (χ4n) is 3.26. The summed E-state index contributed by atoms with van der Waals surface area (Å²) < 4.78 is 5.35. The van der Waals surface area contributed by atoms with Crippen molar-refractivity contribution < 1.29 is 14.6 Å². The maximum Gasteiger partial charge on any atom is 0.315 e. The van der Waals surface area contributed by atoms with Gasteiger partial charge in [-0.2, -0.15) is 0 Å². The summed E-state index contributed by atoms with van der Waals surface area (Å²) >= 11 is 0. The molecule has 0 radical (unpaired) electrons. The summed E-state index contributed by atoms with van der Waals surface area (Å²) in [6.45, 7) is 3.98. The molecule has 1 saturated heterocycles. The lowest BCUT2D eigenvalue weighted by Gasteiger charge is -2.31. The Hall–Kier alpha value is -0.810. The van der Waals surface area contributed by atoms with Crippen LogP contribution in [-0.2, 0) is 4.74 Å². The molecule has 2 aliphatic rings. The Morgan fingerprint density at radius 2 is 1.85 bits per heavy atom. The quantitative estimate of drug-likeness (QED) is 0.735. The summed E-state index contributed by atoms with van der Waals surface area (Å²) in [4.78, 5) is 12.0. The molecule has 1 unspecified atom stereocenters. The monoisotopic (exact) mass is 284 g/mol. The molecule has 0 spiro atoms. The molecular weight excluding hydrogens is 256 g/mol. The van der Waals surface area contributed by atoms with Gasteiger partial charge in [0.05, 0.1) is 0 Å². The second-order valence-electron chi connectivity index (χ2n) is 6.26. The maximum atomic E-state index is 12.0. The first-order chi connectivity index (χ1) is 9.69. The summed E-state index contributed by atoms with van der Waals surface area (Å²) in [6, 6.07) is 0.420. The van der Waals surface area contributed by atoms with Crippen LogP contribution in [0.15, 0.2) is 0 Å². The third-order valence-corrected chi connectivity index (χ3v) is 4.77. The van der Waals surface area contributed by atoms with Crippen molar-refractivity contribution in [1.29, 1.82) is 0 Å². The molecule has 3 N–H and O–H groups in total. The van der Waals surface area contributed by atoms with Crippen LogP contribution in [0.25, 0.3) is 0 Å². The number of rotatable bonds is 4. The Bertz CT molecular complexity index is 297. The van der Waals surface area contributed by atoms with Crippen LogP contribution >= 0.6 is 0 Å². The lowest BCUT2D eigenvalue weighted by molar-refractivity contribution is 0.0570. The van der Waals surface area contributed by atoms with E-state index in [1.165, 1.54) is 0 Å². The Balaban J connectivity index is 1.67. The molecule has 1 aliphatic carbocycles. The van der Waals surface area contributed by atoms with Crippen LogP contribution in [0, 0.1) is 11.8 Å². The lowest BCUT2D eigenvalue weighted by Crippen LogP contribution is -2.49. The standard InChI is InChI=1S/C15H28N2O3/c1-11(13-6-8-20-9-7-13)16-15(19)17-14-4-2-12(10-18)3-5-14/h11-14,18H,2-10H2,1H3,(H2,16,17,19). The smallest absolute Gasteiger partial charge is 0.315 e. The second kappa shape index (κ2) is 7.84. The molecule has 5 heteroatoms. The first-order valence-corrected chi connectivity index (χ1v) is 7.94. The van der Waals surface area contributed by atoms with Gasteiger partial charge in [0.2, 0.25) is 0 Å². The summed E-state index contributed by atoms with van der Waals surface area (Å²) in [5, 5.41) is 15.3. The van der Waals surface area contributed by atoms with Gasteiger partial charge in [-0.3, -0.25) is 0 Å². The lowest BCUT2D eigenvalue weighted by atomic mass is 9.86. The van der Waals surface area contributed by atoms with Crippen molar-refractivity contribution in [2.45, 2.75) is 57.5 Å². The van der Waals surface area contributed by atoms with Crippen LogP contribution in [0.1, 0.15) is 45.4 Å². The molecule has 20 heavy (non-hydrogen) atoms. The minimum atomic E-state index is -0.0450. The molecule has 2 rings (SSSR count). The van der Waals surface area contributed by atoms with Gasteiger partial charge in [0.15, 0.2) is 0 Å². The van der Waals surface area contributed by atoms with Gasteiger partial charge in [0.25, 0.3) is 0 Å². The molecule has 0 aromatic rings. The van der Waals surface area contributed by atoms with Crippen LogP contribution in [0.4, 0.5) is 4.79 Å². The summed E-state index contributed by atoms with van der Waals surface area (Å²) in [7, 11) is 0. The van der Waals surface area contributed by atoms with E-state index < -0.39 is 0 Å². The van der Waals surface area contributed by atoms with Crippen molar-refractivity contribution in [2.24, 2.45) is 11.8 Å². The molecule has 1 saturated carbocycles. The first kappa shape index (κ1) is 15.6. The van der Waals surface area contributed by atoms with Crippen LogP contribution in [-0.4, -0.2) is 43.0 Å². The van der Waals surface area contributed by atoms with Gasteiger partial charge in [-0.1, -0.05) is 0 Å². The molecule has 0 aromatic carbocycles. The van der Waals surface area contributed by atoms with Crippen LogP contribution in [0.5, 0.6) is 0 Å². The van der Waals surface area contributed by atoms with Gasteiger partial charge < -0.3 is 20.5 Å². The molecule has 1 aliphatic heterocycles. The molecule has 116 valence electrons. The minimum Gasteiger partial charge on any atom is -0.396 e. The van der Waals surface area contributed by atoms with Gasteiger partial charge in [-0.25, -0.2) is 4.79 Å². The molecule has 1 heterocycles. The molecule has 2 amide bonds. The molecule has 5 nitrogen and oxygen atoms in total. The molecule has 0 aromatic heterocycles. The van der Waals surface area contributed by atoms with E-state index in [-0.39, 0.29) is 24.7 Å². The summed E-state index contributed by atoms with van der Waals surface area (Å²) in [5.41, 5.74) is 0. The molecule has 2 fully saturated rings. The van der Waals surface area contributed by atoms with Crippen LogP contribution < -0.4 is 10.6 Å². The number of hydrogen-bond donors (Lipinski definition) is 3. The average Bonchev–Trinajstić information content (AvgIpc) is 2.49. The van der Waals surface area contributed by atoms with Crippen LogP contribution in [0.3, 0.4) is 0 Å². The summed E-state index contributed by atoms with van der Waals surface area (Å²) in [5.74, 6) is 0.955. The Labute approximate surface area is 121 Å². The number of carbonyl (C=O) groups excluding carboxylic acids is 1. The Morgan fingerprint density at radius 3 is 2.45 bits per heavy atom. The van der Waals surface area contributed by atoms with E-state index in [1.54, 1.807) is 0 Å². The highest BCUT2D eigenvalue weighted by molar-refractivity contribution is 5.74. The fourth-order valence-corrected chi connectivity index (χ4v) is 3.26. The number of hydrogen-bond acceptors (Lipinski definition) is 3.